The van der Waals surface area contributed by atoms with Crippen molar-refractivity contribution >= 4 is 17.7 Å². The van der Waals surface area contributed by atoms with E-state index in [-0.39, 0.29) is 5.91 Å². The van der Waals surface area contributed by atoms with Crippen LogP contribution in [0.5, 0.6) is 0 Å². The molecule has 1 aliphatic rings. The van der Waals surface area contributed by atoms with Crippen molar-refractivity contribution in [3.63, 3.8) is 0 Å². The van der Waals surface area contributed by atoms with Crippen LogP contribution in [0.2, 0.25) is 0 Å². The van der Waals surface area contributed by atoms with Gasteiger partial charge in [0.25, 0.3) is 0 Å². The van der Waals surface area contributed by atoms with Gasteiger partial charge in [0.05, 0.1) is 17.8 Å². The molecular formula is C12H17NO2S. The zero-order valence-corrected chi connectivity index (χ0v) is 10.1. The first-order valence-electron chi connectivity index (χ1n) is 5.71. The second kappa shape index (κ2) is 5.99. The van der Waals surface area contributed by atoms with Gasteiger partial charge in [-0.25, -0.2) is 0 Å². The van der Waals surface area contributed by atoms with Gasteiger partial charge in [0.15, 0.2) is 0 Å². The Morgan fingerprint density at radius 2 is 2.44 bits per heavy atom. The van der Waals surface area contributed by atoms with Crippen LogP contribution in [-0.4, -0.2) is 18.2 Å². The summed E-state index contributed by atoms with van der Waals surface area (Å²) in [6.07, 6.45) is 5.54. The summed E-state index contributed by atoms with van der Waals surface area (Å²) in [4.78, 5) is 11.5. The maximum atomic E-state index is 11.5. The molecule has 4 heteroatoms. The van der Waals surface area contributed by atoms with Crippen LogP contribution in [0.4, 0.5) is 0 Å². The van der Waals surface area contributed by atoms with E-state index in [0.29, 0.717) is 5.75 Å². The Balaban J connectivity index is 1.53. The lowest BCUT2D eigenvalue weighted by atomic mass is 9.85. The third kappa shape index (κ3) is 3.59. The van der Waals surface area contributed by atoms with Gasteiger partial charge in [-0.2, -0.15) is 0 Å². The lowest BCUT2D eigenvalue weighted by molar-refractivity contribution is -0.118. The highest BCUT2D eigenvalue weighted by Gasteiger charge is 2.17. The highest BCUT2D eigenvalue weighted by Crippen LogP contribution is 2.25. The molecule has 1 aliphatic carbocycles. The Morgan fingerprint density at radius 3 is 3.06 bits per heavy atom. The minimum absolute atomic E-state index is 0.142. The maximum absolute atomic E-state index is 11.5. The molecule has 0 aliphatic heterocycles. The van der Waals surface area contributed by atoms with Crippen LogP contribution in [0.25, 0.3) is 0 Å². The van der Waals surface area contributed by atoms with E-state index >= 15 is 0 Å². The number of carbonyl (C=O) groups excluding carboxylic acids is 1. The van der Waals surface area contributed by atoms with Gasteiger partial charge in [-0.15, -0.1) is 11.8 Å². The van der Waals surface area contributed by atoms with Gasteiger partial charge < -0.3 is 9.73 Å². The van der Waals surface area contributed by atoms with E-state index in [1.54, 1.807) is 18.0 Å². The van der Waals surface area contributed by atoms with Crippen molar-refractivity contribution in [2.24, 2.45) is 5.92 Å². The number of hydrogen-bond donors (Lipinski definition) is 1. The second-order valence-corrected chi connectivity index (χ2v) is 5.16. The van der Waals surface area contributed by atoms with E-state index in [4.69, 9.17) is 4.42 Å². The second-order valence-electron chi connectivity index (χ2n) is 4.17. The molecule has 2 rings (SSSR count). The quantitative estimate of drug-likeness (QED) is 0.829. The molecule has 1 amide bonds. The van der Waals surface area contributed by atoms with Crippen LogP contribution in [0.1, 0.15) is 25.0 Å². The molecule has 0 unspecified atom stereocenters. The normalized spacial score (nSPS) is 15.8. The number of amides is 1. The highest BCUT2D eigenvalue weighted by atomic mass is 32.2. The lowest BCUT2D eigenvalue weighted by Gasteiger charge is -2.25. The fourth-order valence-electron chi connectivity index (χ4n) is 1.65. The molecule has 1 fully saturated rings. The summed E-state index contributed by atoms with van der Waals surface area (Å²) in [6.45, 7) is 0.861. The zero-order valence-electron chi connectivity index (χ0n) is 9.28. The smallest absolute Gasteiger partial charge is 0.230 e. The van der Waals surface area contributed by atoms with Crippen molar-refractivity contribution in [2.75, 3.05) is 12.3 Å². The molecule has 1 aromatic heterocycles. The van der Waals surface area contributed by atoms with Crippen molar-refractivity contribution in [3.05, 3.63) is 24.2 Å². The molecule has 0 atom stereocenters. The first-order chi connectivity index (χ1) is 7.84. The van der Waals surface area contributed by atoms with Crippen molar-refractivity contribution in [1.29, 1.82) is 0 Å². The van der Waals surface area contributed by atoms with Gasteiger partial charge in [-0.1, -0.05) is 6.42 Å². The van der Waals surface area contributed by atoms with Gasteiger partial charge >= 0.3 is 0 Å². The summed E-state index contributed by atoms with van der Waals surface area (Å²) in [6, 6.07) is 3.80. The number of rotatable bonds is 6. The van der Waals surface area contributed by atoms with Gasteiger partial charge in [0.1, 0.15) is 5.76 Å². The summed E-state index contributed by atoms with van der Waals surface area (Å²) in [5, 5.41) is 2.97. The molecule has 1 aromatic rings. The Morgan fingerprint density at radius 1 is 1.56 bits per heavy atom. The highest BCUT2D eigenvalue weighted by molar-refractivity contribution is 7.99. The van der Waals surface area contributed by atoms with E-state index in [0.717, 1.165) is 24.0 Å². The molecule has 0 saturated heterocycles. The lowest BCUT2D eigenvalue weighted by Crippen LogP contribution is -2.33. The predicted molar refractivity (Wildman–Crippen MR) is 65.2 cm³/mol. The van der Waals surface area contributed by atoms with Gasteiger partial charge in [0, 0.05) is 6.54 Å². The van der Waals surface area contributed by atoms with Crippen LogP contribution in [-0.2, 0) is 10.5 Å². The monoisotopic (exact) mass is 239 g/mol. The summed E-state index contributed by atoms with van der Waals surface area (Å²) in [5.74, 6) is 3.09. The number of hydrogen-bond acceptors (Lipinski definition) is 3. The third-order valence-corrected chi connectivity index (χ3v) is 3.83. The van der Waals surface area contributed by atoms with E-state index in [9.17, 15) is 4.79 Å². The van der Waals surface area contributed by atoms with Gasteiger partial charge in [-0.05, 0) is 30.9 Å². The van der Waals surface area contributed by atoms with E-state index in [1.807, 2.05) is 12.1 Å². The fourth-order valence-corrected chi connectivity index (χ4v) is 2.40. The predicted octanol–water partition coefficient (Wildman–Crippen LogP) is 2.43. The molecular weight excluding hydrogens is 222 g/mol. The molecule has 88 valence electrons. The Labute approximate surface area is 100.0 Å². The Hall–Kier alpha value is -0.900. The zero-order chi connectivity index (χ0) is 11.2. The molecule has 1 N–H and O–H groups in total. The van der Waals surface area contributed by atoms with Crippen LogP contribution >= 0.6 is 11.8 Å². The van der Waals surface area contributed by atoms with Crippen molar-refractivity contribution < 1.29 is 9.21 Å². The topological polar surface area (TPSA) is 42.2 Å². The summed E-state index contributed by atoms with van der Waals surface area (Å²) in [5.41, 5.74) is 0. The van der Waals surface area contributed by atoms with Crippen LogP contribution in [0, 0.1) is 5.92 Å². The number of thioether (sulfide) groups is 1. The molecule has 16 heavy (non-hydrogen) atoms. The van der Waals surface area contributed by atoms with E-state index < -0.39 is 0 Å². The van der Waals surface area contributed by atoms with Crippen molar-refractivity contribution in [1.82, 2.24) is 5.32 Å². The van der Waals surface area contributed by atoms with Crippen LogP contribution in [0.15, 0.2) is 22.8 Å². The number of furan rings is 1. The maximum Gasteiger partial charge on any atom is 0.230 e. The molecule has 3 nitrogen and oxygen atoms in total. The number of nitrogens with one attached hydrogen (secondary N) is 1. The fraction of sp³-hybridized carbons (Fsp3) is 0.583. The number of carbonyl (C=O) groups is 1. The largest absolute Gasteiger partial charge is 0.468 e. The molecule has 1 heterocycles. The molecule has 0 spiro atoms. The standard InChI is InChI=1S/C12H17NO2S/c14-12(13-7-10-3-1-4-10)9-16-8-11-5-2-6-15-11/h2,5-6,10H,1,3-4,7-9H2,(H,13,14). The Kier molecular flexibility index (Phi) is 4.34. The third-order valence-electron chi connectivity index (χ3n) is 2.87. The van der Waals surface area contributed by atoms with Crippen molar-refractivity contribution in [2.45, 2.75) is 25.0 Å². The molecule has 0 aromatic carbocycles. The summed E-state index contributed by atoms with van der Waals surface area (Å²) < 4.78 is 5.19. The van der Waals surface area contributed by atoms with Crippen LogP contribution in [0.3, 0.4) is 0 Å². The first kappa shape index (κ1) is 11.6. The van der Waals surface area contributed by atoms with Gasteiger partial charge in [0.2, 0.25) is 5.91 Å². The molecule has 1 saturated carbocycles. The average Bonchev–Trinajstić information content (AvgIpc) is 2.68. The van der Waals surface area contributed by atoms with Gasteiger partial charge in [-0.3, -0.25) is 4.79 Å². The SMILES string of the molecule is O=C(CSCc1ccco1)NCC1CCC1. The summed E-state index contributed by atoms with van der Waals surface area (Å²) in [7, 11) is 0. The minimum Gasteiger partial charge on any atom is -0.468 e. The summed E-state index contributed by atoms with van der Waals surface area (Å²) >= 11 is 1.59. The molecule has 0 bridgehead atoms. The van der Waals surface area contributed by atoms with E-state index in [2.05, 4.69) is 5.32 Å². The minimum atomic E-state index is 0.142. The average molecular weight is 239 g/mol. The molecule has 0 radical (unpaired) electrons. The first-order valence-corrected chi connectivity index (χ1v) is 6.87. The van der Waals surface area contributed by atoms with E-state index in [1.165, 1.54) is 19.3 Å². The Bertz CT molecular complexity index is 320. The van der Waals surface area contributed by atoms with Crippen LogP contribution < -0.4 is 5.32 Å². The van der Waals surface area contributed by atoms with Crippen molar-refractivity contribution in [3.8, 4) is 0 Å².